The van der Waals surface area contributed by atoms with Crippen LogP contribution in [-0.2, 0) is 9.47 Å². The third-order valence-electron chi connectivity index (χ3n) is 11.7. The Bertz CT molecular complexity index is 1540. The van der Waals surface area contributed by atoms with Gasteiger partial charge in [0.15, 0.2) is 5.79 Å². The quantitative estimate of drug-likeness (QED) is 0.152. The molecule has 248 valence electrons. The van der Waals surface area contributed by atoms with Gasteiger partial charge < -0.3 is 19.7 Å². The minimum atomic E-state index is -5.91. The van der Waals surface area contributed by atoms with Gasteiger partial charge in [0.1, 0.15) is 5.60 Å². The summed E-state index contributed by atoms with van der Waals surface area (Å²) in [6.07, 6.45) is -2.18. The smallest absolute Gasteiger partial charge is 0.385 e. The van der Waals surface area contributed by atoms with E-state index in [-0.39, 0.29) is 30.6 Å². The van der Waals surface area contributed by atoms with Gasteiger partial charge in [0.05, 0.1) is 24.9 Å². The molecule has 1 aliphatic heterocycles. The van der Waals surface area contributed by atoms with Crippen LogP contribution in [0.3, 0.4) is 0 Å². The highest BCUT2D eigenvalue weighted by molar-refractivity contribution is 5.46. The molecule has 1 aromatic carbocycles. The van der Waals surface area contributed by atoms with E-state index in [0.717, 1.165) is 11.1 Å². The summed E-state index contributed by atoms with van der Waals surface area (Å²) >= 11 is 0. The Morgan fingerprint density at radius 3 is 2.24 bits per heavy atom. The Balaban J connectivity index is 1.44. The molecule has 2 N–H and O–H groups in total. The van der Waals surface area contributed by atoms with Crippen LogP contribution in [0.15, 0.2) is 47.6 Å². The number of nitriles is 1. The number of fused-ring (bicyclic) bond motifs is 4. The molecule has 3 saturated carbocycles. The second-order valence-corrected chi connectivity index (χ2v) is 15.0. The number of alkyl halides is 5. The lowest BCUT2D eigenvalue weighted by atomic mass is 9.49. The third kappa shape index (κ3) is 5.03. The van der Waals surface area contributed by atoms with Gasteiger partial charge in [0.25, 0.3) is 0 Å². The molecule has 0 bridgehead atoms. The number of rotatable bonds is 2. The summed E-state index contributed by atoms with van der Waals surface area (Å²) in [7, 11) is 0. The number of hydrogen-bond acceptors (Lipinski definition) is 5. The van der Waals surface area contributed by atoms with Crippen molar-refractivity contribution in [2.24, 2.45) is 22.7 Å². The maximum absolute atomic E-state index is 15.3. The van der Waals surface area contributed by atoms with E-state index in [1.165, 1.54) is 19.1 Å². The van der Waals surface area contributed by atoms with Crippen LogP contribution in [0.1, 0.15) is 89.2 Å². The van der Waals surface area contributed by atoms with Gasteiger partial charge in [-0.25, -0.2) is 0 Å². The van der Waals surface area contributed by atoms with Gasteiger partial charge in [-0.1, -0.05) is 50.3 Å². The van der Waals surface area contributed by atoms with E-state index in [4.69, 9.17) is 14.7 Å². The lowest BCUT2D eigenvalue weighted by molar-refractivity contribution is -0.362. The molecule has 5 aliphatic rings. The maximum atomic E-state index is 15.3. The van der Waals surface area contributed by atoms with E-state index in [9.17, 15) is 23.4 Å². The summed E-state index contributed by atoms with van der Waals surface area (Å²) < 4.78 is 84.8. The largest absolute Gasteiger partial charge is 0.456 e. The Morgan fingerprint density at radius 1 is 0.935 bits per heavy atom. The molecule has 4 aliphatic carbocycles. The molecule has 5 nitrogen and oxygen atoms in total. The molecule has 6 atom stereocenters. The third-order valence-corrected chi connectivity index (χ3v) is 11.7. The molecule has 0 radical (unpaired) electrons. The topological polar surface area (TPSA) is 82.7 Å². The van der Waals surface area contributed by atoms with Crippen LogP contribution in [0.25, 0.3) is 0 Å². The molecule has 1 aromatic rings. The highest BCUT2D eigenvalue weighted by atomic mass is 19.4. The average molecular weight is 646 g/mol. The summed E-state index contributed by atoms with van der Waals surface area (Å²) in [5.74, 6) is -2.18. The molecule has 4 fully saturated rings. The molecule has 0 unspecified atom stereocenters. The number of nitrogens with zero attached hydrogens (tertiary/aromatic N) is 1. The first-order chi connectivity index (χ1) is 21.4. The fourth-order valence-electron chi connectivity index (χ4n) is 9.31. The van der Waals surface area contributed by atoms with Gasteiger partial charge in [0.2, 0.25) is 0 Å². The summed E-state index contributed by atoms with van der Waals surface area (Å²) in [6, 6.07) is 8.94. The molecular formula is C36H40F5NO4. The second kappa shape index (κ2) is 10.9. The van der Waals surface area contributed by atoms with E-state index in [2.05, 4.69) is 11.8 Å². The molecule has 10 heteroatoms. The van der Waals surface area contributed by atoms with Gasteiger partial charge >= 0.3 is 12.1 Å². The van der Waals surface area contributed by atoms with Crippen LogP contribution in [0.4, 0.5) is 22.0 Å². The van der Waals surface area contributed by atoms with Crippen LogP contribution in [0.5, 0.6) is 0 Å². The highest BCUT2D eigenvalue weighted by Crippen LogP contribution is 2.71. The van der Waals surface area contributed by atoms with Crippen LogP contribution in [-0.4, -0.2) is 52.5 Å². The summed E-state index contributed by atoms with van der Waals surface area (Å²) in [6.45, 7) is 6.46. The minimum absolute atomic E-state index is 0.0290. The van der Waals surface area contributed by atoms with E-state index in [1.807, 2.05) is 19.9 Å². The number of benzene rings is 1. The van der Waals surface area contributed by atoms with Crippen molar-refractivity contribution in [1.29, 1.82) is 5.26 Å². The SMILES string of the molecule is CC1(C)COC2(CCC3=C4[C@@H](CC[C@@]3(O)C2)[C@@H]2CC[C@@](O)(C(F)(F)C(F)(F)F)[C@@]2(C)C[C@@H]4c2ccc(C#C/C=C\C#N)cc2)OC1. The summed E-state index contributed by atoms with van der Waals surface area (Å²) in [5.41, 5.74) is -3.43. The van der Waals surface area contributed by atoms with Crippen LogP contribution < -0.4 is 0 Å². The zero-order valence-electron chi connectivity index (χ0n) is 26.3. The molecule has 1 spiro atoms. The lowest BCUT2D eigenvalue weighted by Gasteiger charge is -2.59. The van der Waals surface area contributed by atoms with Gasteiger partial charge in [-0.05, 0) is 79.7 Å². The van der Waals surface area contributed by atoms with Crippen LogP contribution in [0, 0.1) is 45.8 Å². The predicted molar refractivity (Wildman–Crippen MR) is 159 cm³/mol. The lowest BCUT2D eigenvalue weighted by Crippen LogP contribution is -2.65. The van der Waals surface area contributed by atoms with Crippen molar-refractivity contribution in [2.45, 2.75) is 107 Å². The van der Waals surface area contributed by atoms with Crippen molar-refractivity contribution in [3.8, 4) is 17.9 Å². The summed E-state index contributed by atoms with van der Waals surface area (Å²) in [5, 5.41) is 32.5. The normalized spacial score (nSPS) is 36.8. The number of halogens is 5. The van der Waals surface area contributed by atoms with E-state index in [1.54, 1.807) is 24.3 Å². The van der Waals surface area contributed by atoms with Crippen LogP contribution in [0.2, 0.25) is 0 Å². The van der Waals surface area contributed by atoms with Crippen LogP contribution >= 0.6 is 0 Å². The van der Waals surface area contributed by atoms with Crippen molar-refractivity contribution >= 4 is 0 Å². The fraction of sp³-hybridized carbons (Fsp3) is 0.639. The zero-order chi connectivity index (χ0) is 33.4. The monoisotopic (exact) mass is 645 g/mol. The Morgan fingerprint density at radius 2 is 1.61 bits per heavy atom. The second-order valence-electron chi connectivity index (χ2n) is 15.0. The Labute approximate surface area is 266 Å². The average Bonchev–Trinajstić information content (AvgIpc) is 3.27. The van der Waals surface area contributed by atoms with Gasteiger partial charge in [0, 0.05) is 41.2 Å². The fourth-order valence-corrected chi connectivity index (χ4v) is 9.31. The van der Waals surface area contributed by atoms with E-state index < -0.39 is 52.8 Å². The van der Waals surface area contributed by atoms with E-state index in [0.29, 0.717) is 50.0 Å². The number of aliphatic hydroxyl groups is 2. The minimum Gasteiger partial charge on any atom is -0.385 e. The Kier molecular flexibility index (Phi) is 7.84. The van der Waals surface area contributed by atoms with Gasteiger partial charge in [-0.15, -0.1) is 0 Å². The highest BCUT2D eigenvalue weighted by Gasteiger charge is 2.79. The molecular weight excluding hydrogens is 605 g/mol. The molecule has 1 heterocycles. The molecule has 0 amide bonds. The Hall–Kier alpha value is -2.76. The maximum Gasteiger partial charge on any atom is 0.456 e. The molecule has 0 aromatic heterocycles. The van der Waals surface area contributed by atoms with Crippen molar-refractivity contribution in [2.75, 3.05) is 13.2 Å². The first-order valence-electron chi connectivity index (χ1n) is 16.0. The first kappa shape index (κ1) is 33.2. The molecule has 1 saturated heterocycles. The standard InChI is InChI=1S/C36H40F5NO4/c1-30(2)21-45-33(46-22-30)16-13-28-29-25(12-15-32(28,43)20-33)27-14-17-34(44,35(37,38)36(39,40)41)31(27,3)19-26(29)24-10-8-23(9-11-24)7-5-4-6-18-42/h4,6,8-11,25-27,43-44H,12-17,19-22H2,1-3H3/b6-4-/t25-,26+,27-,31-,32+,34-/m0/s1. The van der Waals surface area contributed by atoms with E-state index >= 15 is 8.78 Å². The van der Waals surface area contributed by atoms with Crippen molar-refractivity contribution in [3.05, 3.63) is 58.7 Å². The first-order valence-corrected chi connectivity index (χ1v) is 16.0. The zero-order valence-corrected chi connectivity index (χ0v) is 26.3. The predicted octanol–water partition coefficient (Wildman–Crippen LogP) is 7.34. The van der Waals surface area contributed by atoms with Gasteiger partial charge in [-0.2, -0.15) is 27.2 Å². The number of ether oxygens (including phenoxy) is 2. The van der Waals surface area contributed by atoms with Gasteiger partial charge in [-0.3, -0.25) is 0 Å². The molecule has 6 rings (SSSR count). The number of allylic oxidation sites excluding steroid dienone is 3. The van der Waals surface area contributed by atoms with Crippen molar-refractivity contribution in [1.82, 2.24) is 0 Å². The van der Waals surface area contributed by atoms with Crippen molar-refractivity contribution in [3.63, 3.8) is 0 Å². The van der Waals surface area contributed by atoms with Crippen molar-refractivity contribution < 1.29 is 41.6 Å². The number of hydrogen-bond donors (Lipinski definition) is 2. The molecule has 46 heavy (non-hydrogen) atoms. The summed E-state index contributed by atoms with van der Waals surface area (Å²) in [4.78, 5) is 0.